The van der Waals surface area contributed by atoms with E-state index in [9.17, 15) is 14.7 Å². The fourth-order valence-electron chi connectivity index (χ4n) is 2.70. The molecule has 0 saturated heterocycles. The third-order valence-corrected chi connectivity index (χ3v) is 3.93. The summed E-state index contributed by atoms with van der Waals surface area (Å²) in [4.78, 5) is 29.6. The Labute approximate surface area is 157 Å². The minimum Gasteiger partial charge on any atom is -0.480 e. The van der Waals surface area contributed by atoms with Gasteiger partial charge in [0.15, 0.2) is 0 Å². The van der Waals surface area contributed by atoms with Gasteiger partial charge in [0.05, 0.1) is 12.8 Å². The number of carbonyl (C=O) groups excluding carboxylic acids is 1. The molecule has 0 bridgehead atoms. The molecule has 0 radical (unpaired) electrons. The Morgan fingerprint density at radius 2 is 2.00 bits per heavy atom. The van der Waals surface area contributed by atoms with Crippen LogP contribution in [0.4, 0.5) is 5.69 Å². The van der Waals surface area contributed by atoms with Crippen molar-refractivity contribution in [2.45, 2.75) is 19.4 Å². The Balaban J connectivity index is 2.53. The number of carboxylic acid groups (broad SMARTS) is 1. The first-order chi connectivity index (χ1) is 13.0. The van der Waals surface area contributed by atoms with Crippen molar-refractivity contribution in [2.24, 2.45) is 10.9 Å². The Bertz CT molecular complexity index is 824. The highest BCUT2D eigenvalue weighted by Gasteiger charge is 2.20. The van der Waals surface area contributed by atoms with Gasteiger partial charge in [-0.15, -0.1) is 0 Å². The second-order valence-electron chi connectivity index (χ2n) is 5.79. The Kier molecular flexibility index (Phi) is 7.04. The van der Waals surface area contributed by atoms with Crippen molar-refractivity contribution in [1.82, 2.24) is 5.48 Å². The van der Waals surface area contributed by atoms with Crippen LogP contribution in [0.15, 0.2) is 53.6 Å². The van der Waals surface area contributed by atoms with Crippen LogP contribution in [-0.4, -0.2) is 36.5 Å². The molecule has 2 aromatic rings. The molecule has 27 heavy (non-hydrogen) atoms. The zero-order chi connectivity index (χ0) is 19.8. The third kappa shape index (κ3) is 5.13. The van der Waals surface area contributed by atoms with Gasteiger partial charge in [-0.05, 0) is 17.2 Å². The maximum Gasteiger partial charge on any atom is 0.323 e. The molecule has 0 heterocycles. The molecule has 0 spiro atoms. The number of nitrogens with zero attached hydrogens (tertiary/aromatic N) is 2. The average Bonchev–Trinajstić information content (AvgIpc) is 2.66. The van der Waals surface area contributed by atoms with Crippen LogP contribution < -0.4 is 16.2 Å². The van der Waals surface area contributed by atoms with Crippen molar-refractivity contribution in [3.63, 3.8) is 0 Å². The van der Waals surface area contributed by atoms with Crippen LogP contribution in [0.3, 0.4) is 0 Å². The number of benzene rings is 2. The van der Waals surface area contributed by atoms with Crippen LogP contribution in [0.5, 0.6) is 0 Å². The number of carboxylic acids is 1. The van der Waals surface area contributed by atoms with Crippen molar-refractivity contribution in [1.29, 1.82) is 0 Å². The summed E-state index contributed by atoms with van der Waals surface area (Å²) in [6, 6.07) is 14.0. The quantitative estimate of drug-likeness (QED) is 0.282. The molecule has 1 atom stereocenters. The lowest BCUT2D eigenvalue weighted by Gasteiger charge is -2.21. The smallest absolute Gasteiger partial charge is 0.323 e. The van der Waals surface area contributed by atoms with E-state index < -0.39 is 12.0 Å². The van der Waals surface area contributed by atoms with Crippen LogP contribution in [0, 0.1) is 0 Å². The third-order valence-electron chi connectivity index (χ3n) is 3.93. The van der Waals surface area contributed by atoms with Gasteiger partial charge in [-0.3, -0.25) is 14.5 Å². The molecule has 0 aromatic heterocycles. The van der Waals surface area contributed by atoms with Crippen molar-refractivity contribution in [2.75, 3.05) is 12.0 Å². The molecule has 2 rings (SSSR count). The van der Waals surface area contributed by atoms with Crippen molar-refractivity contribution < 1.29 is 19.5 Å². The number of hydroxylamine groups is 1. The number of aliphatic carboxylic acids is 1. The lowest BCUT2D eigenvalue weighted by molar-refractivity contribution is -0.143. The summed E-state index contributed by atoms with van der Waals surface area (Å²) < 4.78 is 0. The summed E-state index contributed by atoms with van der Waals surface area (Å²) >= 11 is 0. The monoisotopic (exact) mass is 370 g/mol. The number of anilines is 1. The number of hydrazone groups is 1. The minimum atomic E-state index is -1.04. The second-order valence-corrected chi connectivity index (χ2v) is 5.79. The van der Waals surface area contributed by atoms with Gasteiger partial charge >= 0.3 is 5.97 Å². The normalized spacial score (nSPS) is 12.1. The lowest BCUT2D eigenvalue weighted by atomic mass is 9.98. The van der Waals surface area contributed by atoms with Crippen molar-refractivity contribution >= 4 is 23.9 Å². The minimum absolute atomic E-state index is 0.163. The number of amides is 1. The van der Waals surface area contributed by atoms with E-state index in [1.807, 2.05) is 42.5 Å². The topological polar surface area (TPSA) is 117 Å². The van der Waals surface area contributed by atoms with E-state index in [0.717, 1.165) is 11.1 Å². The molecule has 1 unspecified atom stereocenters. The lowest BCUT2D eigenvalue weighted by Crippen LogP contribution is -2.37. The summed E-state index contributed by atoms with van der Waals surface area (Å²) in [6.45, 7) is 1.40. The van der Waals surface area contributed by atoms with E-state index in [1.165, 1.54) is 25.3 Å². The predicted molar refractivity (Wildman–Crippen MR) is 103 cm³/mol. The highest BCUT2D eigenvalue weighted by molar-refractivity contribution is 6.10. The summed E-state index contributed by atoms with van der Waals surface area (Å²) in [7, 11) is 1.36. The molecule has 2 aromatic carbocycles. The zero-order valence-electron chi connectivity index (χ0n) is 15.1. The second kappa shape index (κ2) is 9.46. The Morgan fingerprint density at radius 1 is 1.30 bits per heavy atom. The van der Waals surface area contributed by atoms with Gasteiger partial charge < -0.3 is 15.8 Å². The van der Waals surface area contributed by atoms with E-state index in [1.54, 1.807) is 6.07 Å². The van der Waals surface area contributed by atoms with Gasteiger partial charge in [-0.1, -0.05) is 42.5 Å². The average molecular weight is 370 g/mol. The van der Waals surface area contributed by atoms with E-state index in [2.05, 4.69) is 10.6 Å². The van der Waals surface area contributed by atoms with Crippen molar-refractivity contribution in [3.8, 4) is 11.1 Å². The molecule has 8 nitrogen and oxygen atoms in total. The SMILES string of the molecule is CONC(Cc1ccc(-c2ccccc2)c(N(C=NN)C(C)=O)c1)C(=O)O. The van der Waals surface area contributed by atoms with Crippen LogP contribution in [0.1, 0.15) is 12.5 Å². The summed E-state index contributed by atoms with van der Waals surface area (Å²) in [6.07, 6.45) is 1.40. The number of nitrogens with two attached hydrogens (primary N) is 1. The molecule has 0 aliphatic carbocycles. The fraction of sp³-hybridized carbons (Fsp3) is 0.211. The molecular formula is C19H22N4O4. The maximum atomic E-state index is 12.1. The first-order valence-electron chi connectivity index (χ1n) is 8.20. The van der Waals surface area contributed by atoms with E-state index >= 15 is 0 Å². The molecular weight excluding hydrogens is 348 g/mol. The first kappa shape index (κ1) is 20.1. The van der Waals surface area contributed by atoms with Gasteiger partial charge in [-0.2, -0.15) is 10.6 Å². The van der Waals surface area contributed by atoms with Gasteiger partial charge in [0.25, 0.3) is 0 Å². The predicted octanol–water partition coefficient (Wildman–Crippen LogP) is 1.76. The molecule has 8 heteroatoms. The fourth-order valence-corrected chi connectivity index (χ4v) is 2.70. The standard InChI is InChI=1S/C19H22N4O4/c1-13(24)23(12-21-20)18-11-14(10-17(19(25)26)22-27-2)8-9-16(18)15-6-4-3-5-7-15/h3-9,11-12,17,22H,10,20H2,1-2H3,(H,25,26). The van der Waals surface area contributed by atoms with E-state index in [-0.39, 0.29) is 12.3 Å². The van der Waals surface area contributed by atoms with Crippen LogP contribution in [-0.2, 0) is 20.8 Å². The zero-order valence-corrected chi connectivity index (χ0v) is 15.1. The van der Waals surface area contributed by atoms with Crippen LogP contribution >= 0.6 is 0 Å². The van der Waals surface area contributed by atoms with Crippen LogP contribution in [0.2, 0.25) is 0 Å². The summed E-state index contributed by atoms with van der Waals surface area (Å²) in [5.74, 6) is 3.94. The molecule has 0 aliphatic heterocycles. The van der Waals surface area contributed by atoms with Crippen molar-refractivity contribution in [3.05, 3.63) is 54.1 Å². The summed E-state index contributed by atoms with van der Waals surface area (Å²) in [5, 5.41) is 12.8. The highest BCUT2D eigenvalue weighted by atomic mass is 16.6. The number of hydrogen-bond acceptors (Lipinski definition) is 6. The van der Waals surface area contributed by atoms with E-state index in [4.69, 9.17) is 10.7 Å². The molecule has 4 N–H and O–H groups in total. The number of carbonyl (C=O) groups is 2. The molecule has 0 saturated carbocycles. The van der Waals surface area contributed by atoms with E-state index in [0.29, 0.717) is 11.3 Å². The Morgan fingerprint density at radius 3 is 2.56 bits per heavy atom. The van der Waals surface area contributed by atoms with Gasteiger partial charge in [0.2, 0.25) is 5.91 Å². The number of nitrogens with one attached hydrogen (secondary N) is 1. The number of rotatable bonds is 8. The number of hydrogen-bond donors (Lipinski definition) is 3. The highest BCUT2D eigenvalue weighted by Crippen LogP contribution is 2.32. The molecule has 0 fully saturated rings. The van der Waals surface area contributed by atoms with Crippen LogP contribution in [0.25, 0.3) is 11.1 Å². The van der Waals surface area contributed by atoms with Gasteiger partial charge in [-0.25, -0.2) is 0 Å². The maximum absolute atomic E-state index is 12.1. The van der Waals surface area contributed by atoms with Gasteiger partial charge in [0.1, 0.15) is 12.4 Å². The van der Waals surface area contributed by atoms with Gasteiger partial charge in [0, 0.05) is 18.9 Å². The summed E-state index contributed by atoms with van der Waals surface area (Å²) in [5.41, 5.74) is 5.41. The largest absolute Gasteiger partial charge is 0.480 e. The first-order valence-corrected chi connectivity index (χ1v) is 8.20. The molecule has 1 amide bonds. The molecule has 142 valence electrons. The Hall–Kier alpha value is -3.23. The molecule has 0 aliphatic rings.